The van der Waals surface area contributed by atoms with Gasteiger partial charge in [0, 0.05) is 12.0 Å². The highest BCUT2D eigenvalue weighted by atomic mass is 16.3. The summed E-state index contributed by atoms with van der Waals surface area (Å²) in [6, 6.07) is 0. The van der Waals surface area contributed by atoms with Crippen LogP contribution >= 0.6 is 0 Å². The van der Waals surface area contributed by atoms with Crippen LogP contribution in [0.1, 0.15) is 44.9 Å². The van der Waals surface area contributed by atoms with Crippen LogP contribution in [0.3, 0.4) is 0 Å². The lowest BCUT2D eigenvalue weighted by Gasteiger charge is -2.44. The number of hydrogen-bond donors (Lipinski definition) is 2. The molecule has 0 spiro atoms. The largest absolute Gasteiger partial charge is 0.395 e. The molecule has 4 saturated carbocycles. The summed E-state index contributed by atoms with van der Waals surface area (Å²) in [5, 5.41) is 11.8. The fourth-order valence-electron chi connectivity index (χ4n) is 4.80. The van der Waals surface area contributed by atoms with Crippen molar-refractivity contribution in [3.63, 3.8) is 0 Å². The maximum atomic E-state index is 12.4. The molecule has 17 heavy (non-hydrogen) atoms. The van der Waals surface area contributed by atoms with Crippen molar-refractivity contribution in [2.24, 2.45) is 23.2 Å². The molecule has 4 rings (SSSR count). The summed E-state index contributed by atoms with van der Waals surface area (Å²) in [5.74, 6) is 2.72. The third-order valence-corrected chi connectivity index (χ3v) is 5.27. The molecule has 4 aliphatic rings. The molecule has 0 radical (unpaired) electrons. The van der Waals surface area contributed by atoms with E-state index in [9.17, 15) is 4.79 Å². The number of hydrogen-bond acceptors (Lipinski definition) is 2. The Morgan fingerprint density at radius 1 is 1.18 bits per heavy atom. The number of amides is 1. The minimum atomic E-state index is -0.0754. The molecule has 4 aliphatic carbocycles. The fourth-order valence-corrected chi connectivity index (χ4v) is 4.80. The van der Waals surface area contributed by atoms with Gasteiger partial charge in [0.1, 0.15) is 0 Å². The second kappa shape index (κ2) is 4.27. The number of nitrogens with one attached hydrogen (secondary N) is 1. The Hall–Kier alpha value is -0.570. The number of aliphatic hydroxyl groups is 1. The lowest BCUT2D eigenvalue weighted by molar-refractivity contribution is -0.135. The summed E-state index contributed by atoms with van der Waals surface area (Å²) in [5.41, 5.74) is -0.0754. The molecule has 2 atom stereocenters. The fraction of sp³-hybridized carbons (Fsp3) is 0.929. The summed E-state index contributed by atoms with van der Waals surface area (Å²) in [6.07, 6.45) is 8.65. The van der Waals surface area contributed by atoms with Gasteiger partial charge >= 0.3 is 0 Å². The normalized spacial score (nSPS) is 43.5. The van der Waals surface area contributed by atoms with Crippen LogP contribution in [0, 0.1) is 23.2 Å². The molecule has 3 heteroatoms. The zero-order valence-electron chi connectivity index (χ0n) is 10.5. The molecule has 3 nitrogen and oxygen atoms in total. The average molecular weight is 237 g/mol. The van der Waals surface area contributed by atoms with E-state index in [4.69, 9.17) is 5.11 Å². The molecule has 0 saturated heterocycles. The maximum absolute atomic E-state index is 12.4. The third kappa shape index (κ3) is 1.99. The Morgan fingerprint density at radius 2 is 1.82 bits per heavy atom. The van der Waals surface area contributed by atoms with Crippen LogP contribution in [0.25, 0.3) is 0 Å². The van der Waals surface area contributed by atoms with Crippen LogP contribution in [0.15, 0.2) is 0 Å². The standard InChI is InChI=1S/C14H23NO2/c16-4-3-15-13(17)14-2-1-10-5-11(8-14)7-12(6-10)9-14/h10-12,16H,1-9H2,(H,15,17). The molecule has 0 heterocycles. The number of rotatable bonds is 3. The van der Waals surface area contributed by atoms with Crippen molar-refractivity contribution in [2.45, 2.75) is 44.9 Å². The molecule has 0 aromatic carbocycles. The van der Waals surface area contributed by atoms with Crippen molar-refractivity contribution in [2.75, 3.05) is 13.2 Å². The molecule has 4 fully saturated rings. The van der Waals surface area contributed by atoms with Gasteiger partial charge in [-0.1, -0.05) is 0 Å². The van der Waals surface area contributed by atoms with Gasteiger partial charge in [0.25, 0.3) is 0 Å². The molecule has 2 unspecified atom stereocenters. The zero-order chi connectivity index (χ0) is 11.9. The van der Waals surface area contributed by atoms with Crippen LogP contribution in [0.2, 0.25) is 0 Å². The quantitative estimate of drug-likeness (QED) is 0.785. The van der Waals surface area contributed by atoms with Crippen molar-refractivity contribution in [1.29, 1.82) is 0 Å². The molecule has 0 aromatic rings. The van der Waals surface area contributed by atoms with Gasteiger partial charge in [-0.25, -0.2) is 0 Å². The van der Waals surface area contributed by atoms with Gasteiger partial charge < -0.3 is 10.4 Å². The van der Waals surface area contributed by atoms with E-state index in [0.717, 1.165) is 37.0 Å². The van der Waals surface area contributed by atoms with Crippen molar-refractivity contribution in [3.8, 4) is 0 Å². The predicted molar refractivity (Wildman–Crippen MR) is 65.3 cm³/mol. The van der Waals surface area contributed by atoms with E-state index in [1.165, 1.54) is 25.7 Å². The molecule has 96 valence electrons. The van der Waals surface area contributed by atoms with Crippen LogP contribution in [-0.4, -0.2) is 24.2 Å². The van der Waals surface area contributed by atoms with Gasteiger partial charge in [0.2, 0.25) is 5.91 Å². The van der Waals surface area contributed by atoms with Gasteiger partial charge in [0.05, 0.1) is 6.61 Å². The summed E-state index contributed by atoms with van der Waals surface area (Å²) >= 11 is 0. The molecular formula is C14H23NO2. The third-order valence-electron chi connectivity index (χ3n) is 5.27. The van der Waals surface area contributed by atoms with Crippen LogP contribution in [0.5, 0.6) is 0 Å². The Kier molecular flexibility index (Phi) is 2.89. The van der Waals surface area contributed by atoms with E-state index in [2.05, 4.69) is 5.32 Å². The topological polar surface area (TPSA) is 49.3 Å². The van der Waals surface area contributed by atoms with Gasteiger partial charge in [-0.2, -0.15) is 0 Å². The highest BCUT2D eigenvalue weighted by Crippen LogP contribution is 2.57. The first-order valence-electron chi connectivity index (χ1n) is 7.11. The minimum Gasteiger partial charge on any atom is -0.395 e. The maximum Gasteiger partial charge on any atom is 0.226 e. The van der Waals surface area contributed by atoms with Crippen LogP contribution in [-0.2, 0) is 4.79 Å². The monoisotopic (exact) mass is 237 g/mol. The number of carbonyl (C=O) groups is 1. The first-order chi connectivity index (χ1) is 8.22. The van der Waals surface area contributed by atoms with Crippen molar-refractivity contribution in [1.82, 2.24) is 5.32 Å². The van der Waals surface area contributed by atoms with E-state index in [-0.39, 0.29) is 17.9 Å². The SMILES string of the molecule is O=C(NCCO)C12CCC3CC(CC(C3)C1)C2. The van der Waals surface area contributed by atoms with E-state index >= 15 is 0 Å². The zero-order valence-corrected chi connectivity index (χ0v) is 10.5. The van der Waals surface area contributed by atoms with E-state index in [1.807, 2.05) is 0 Å². The summed E-state index contributed by atoms with van der Waals surface area (Å²) in [4.78, 5) is 12.4. The van der Waals surface area contributed by atoms with Crippen LogP contribution < -0.4 is 5.32 Å². The minimum absolute atomic E-state index is 0.0529. The van der Waals surface area contributed by atoms with Gasteiger partial charge in [-0.05, 0) is 62.7 Å². The highest BCUT2D eigenvalue weighted by Gasteiger charge is 2.51. The molecule has 4 bridgehead atoms. The molecule has 1 amide bonds. The summed E-state index contributed by atoms with van der Waals surface area (Å²) in [7, 11) is 0. The Balaban J connectivity index is 1.78. The van der Waals surface area contributed by atoms with Crippen molar-refractivity contribution >= 4 is 5.91 Å². The first-order valence-corrected chi connectivity index (χ1v) is 7.11. The summed E-state index contributed by atoms with van der Waals surface area (Å²) < 4.78 is 0. The predicted octanol–water partition coefficient (Wildman–Crippen LogP) is 1.70. The Morgan fingerprint density at radius 3 is 2.47 bits per heavy atom. The second-order valence-corrected chi connectivity index (χ2v) is 6.51. The van der Waals surface area contributed by atoms with Crippen LogP contribution in [0.4, 0.5) is 0 Å². The van der Waals surface area contributed by atoms with E-state index in [1.54, 1.807) is 0 Å². The lowest BCUT2D eigenvalue weighted by Crippen LogP contribution is -2.46. The number of carbonyl (C=O) groups excluding carboxylic acids is 1. The molecule has 2 N–H and O–H groups in total. The average Bonchev–Trinajstić information content (AvgIpc) is 2.52. The lowest BCUT2D eigenvalue weighted by atomic mass is 9.61. The van der Waals surface area contributed by atoms with E-state index in [0.29, 0.717) is 6.54 Å². The number of aliphatic hydroxyl groups excluding tert-OH is 1. The molecule has 0 aliphatic heterocycles. The van der Waals surface area contributed by atoms with Gasteiger partial charge in [-0.15, -0.1) is 0 Å². The van der Waals surface area contributed by atoms with Crippen molar-refractivity contribution < 1.29 is 9.90 Å². The Labute approximate surface area is 103 Å². The van der Waals surface area contributed by atoms with Gasteiger partial charge in [-0.3, -0.25) is 4.79 Å². The molecular weight excluding hydrogens is 214 g/mol. The second-order valence-electron chi connectivity index (χ2n) is 6.51. The summed E-state index contributed by atoms with van der Waals surface area (Å²) in [6.45, 7) is 0.469. The van der Waals surface area contributed by atoms with Crippen molar-refractivity contribution in [3.05, 3.63) is 0 Å². The van der Waals surface area contributed by atoms with E-state index < -0.39 is 0 Å². The smallest absolute Gasteiger partial charge is 0.226 e. The number of fused-ring (bicyclic) bond motifs is 1. The first kappa shape index (κ1) is 11.5. The Bertz CT molecular complexity index is 301. The van der Waals surface area contributed by atoms with Gasteiger partial charge in [0.15, 0.2) is 0 Å². The molecule has 0 aromatic heterocycles. The highest BCUT2D eigenvalue weighted by molar-refractivity contribution is 5.82.